The van der Waals surface area contributed by atoms with E-state index in [1.807, 2.05) is 0 Å². The van der Waals surface area contributed by atoms with Crippen molar-refractivity contribution in [3.8, 4) is 0 Å². The van der Waals surface area contributed by atoms with Crippen molar-refractivity contribution in [3.05, 3.63) is 0 Å². The van der Waals surface area contributed by atoms with Crippen molar-refractivity contribution in [3.63, 3.8) is 0 Å². The SMILES string of the molecule is CC(C(=O)O)C(C(=O)O)C(=O)OC(C)(C)C. The molecule has 92 valence electrons. The van der Waals surface area contributed by atoms with Gasteiger partial charge < -0.3 is 14.9 Å². The summed E-state index contributed by atoms with van der Waals surface area (Å²) in [6.07, 6.45) is 0. The molecule has 0 spiro atoms. The highest BCUT2D eigenvalue weighted by atomic mass is 16.6. The van der Waals surface area contributed by atoms with Crippen LogP contribution >= 0.6 is 0 Å². The Bertz CT molecular complexity index is 301. The van der Waals surface area contributed by atoms with E-state index in [4.69, 9.17) is 14.9 Å². The topological polar surface area (TPSA) is 101 Å². The van der Waals surface area contributed by atoms with E-state index < -0.39 is 35.3 Å². The largest absolute Gasteiger partial charge is 0.481 e. The Hall–Kier alpha value is -1.59. The third kappa shape index (κ3) is 4.29. The van der Waals surface area contributed by atoms with Crippen LogP contribution in [0.2, 0.25) is 0 Å². The van der Waals surface area contributed by atoms with Crippen LogP contribution in [0.4, 0.5) is 0 Å². The molecular formula is C10H16O6. The maximum Gasteiger partial charge on any atom is 0.321 e. The smallest absolute Gasteiger partial charge is 0.321 e. The molecule has 0 saturated carbocycles. The zero-order valence-corrected chi connectivity index (χ0v) is 9.68. The second kappa shape index (κ2) is 4.96. The number of rotatable bonds is 4. The first-order chi connectivity index (χ1) is 7.06. The van der Waals surface area contributed by atoms with Gasteiger partial charge >= 0.3 is 17.9 Å². The Morgan fingerprint density at radius 1 is 1.06 bits per heavy atom. The molecule has 0 aromatic carbocycles. The van der Waals surface area contributed by atoms with Crippen LogP contribution in [0.3, 0.4) is 0 Å². The van der Waals surface area contributed by atoms with Gasteiger partial charge in [0.05, 0.1) is 5.92 Å². The van der Waals surface area contributed by atoms with Crippen LogP contribution in [0.1, 0.15) is 27.7 Å². The summed E-state index contributed by atoms with van der Waals surface area (Å²) in [6.45, 7) is 5.89. The molecule has 0 saturated heterocycles. The second-order valence-corrected chi connectivity index (χ2v) is 4.48. The van der Waals surface area contributed by atoms with Crippen LogP contribution < -0.4 is 0 Å². The average molecular weight is 232 g/mol. The molecule has 2 unspecified atom stereocenters. The van der Waals surface area contributed by atoms with Crippen molar-refractivity contribution in [2.75, 3.05) is 0 Å². The predicted octanol–water partition coefficient (Wildman–Crippen LogP) is 0.750. The molecule has 0 fully saturated rings. The quantitative estimate of drug-likeness (QED) is 0.548. The summed E-state index contributed by atoms with van der Waals surface area (Å²) in [7, 11) is 0. The van der Waals surface area contributed by atoms with Crippen molar-refractivity contribution in [1.29, 1.82) is 0 Å². The lowest BCUT2D eigenvalue weighted by Crippen LogP contribution is -2.38. The van der Waals surface area contributed by atoms with E-state index >= 15 is 0 Å². The average Bonchev–Trinajstić information content (AvgIpc) is 1.99. The Kier molecular flexibility index (Phi) is 4.47. The van der Waals surface area contributed by atoms with Gasteiger partial charge in [-0.3, -0.25) is 14.4 Å². The number of aliphatic carboxylic acids is 2. The highest BCUT2D eigenvalue weighted by Crippen LogP contribution is 2.18. The van der Waals surface area contributed by atoms with Crippen LogP contribution in [-0.2, 0) is 19.1 Å². The van der Waals surface area contributed by atoms with Gasteiger partial charge in [0, 0.05) is 0 Å². The monoisotopic (exact) mass is 232 g/mol. The highest BCUT2D eigenvalue weighted by Gasteiger charge is 2.39. The molecular weight excluding hydrogens is 216 g/mol. The second-order valence-electron chi connectivity index (χ2n) is 4.48. The molecule has 0 heterocycles. The molecule has 2 N–H and O–H groups in total. The van der Waals surface area contributed by atoms with Gasteiger partial charge in [-0.1, -0.05) is 6.92 Å². The molecule has 0 aliphatic heterocycles. The van der Waals surface area contributed by atoms with E-state index in [1.165, 1.54) is 0 Å². The number of esters is 1. The van der Waals surface area contributed by atoms with Gasteiger partial charge in [0.2, 0.25) is 0 Å². The van der Waals surface area contributed by atoms with Gasteiger partial charge in [-0.15, -0.1) is 0 Å². The van der Waals surface area contributed by atoms with Crippen LogP contribution in [0.25, 0.3) is 0 Å². The minimum absolute atomic E-state index is 0.844. The third-order valence-corrected chi connectivity index (χ3v) is 1.82. The fourth-order valence-corrected chi connectivity index (χ4v) is 1.03. The molecule has 0 aromatic heterocycles. The van der Waals surface area contributed by atoms with E-state index in [0.717, 1.165) is 6.92 Å². The summed E-state index contributed by atoms with van der Waals surface area (Å²) >= 11 is 0. The Morgan fingerprint density at radius 3 is 1.75 bits per heavy atom. The first-order valence-electron chi connectivity index (χ1n) is 4.74. The minimum atomic E-state index is -1.68. The van der Waals surface area contributed by atoms with Gasteiger partial charge in [0.15, 0.2) is 5.92 Å². The molecule has 0 amide bonds. The van der Waals surface area contributed by atoms with E-state index in [9.17, 15) is 14.4 Å². The van der Waals surface area contributed by atoms with E-state index in [1.54, 1.807) is 20.8 Å². The van der Waals surface area contributed by atoms with Gasteiger partial charge in [-0.25, -0.2) is 0 Å². The molecule has 6 heteroatoms. The lowest BCUT2D eigenvalue weighted by molar-refractivity contribution is -0.173. The molecule has 0 rings (SSSR count). The zero-order chi connectivity index (χ0) is 13.1. The predicted molar refractivity (Wildman–Crippen MR) is 53.8 cm³/mol. The normalized spacial score (nSPS) is 15.0. The third-order valence-electron chi connectivity index (χ3n) is 1.82. The van der Waals surface area contributed by atoms with Gasteiger partial charge in [-0.05, 0) is 20.8 Å². The number of hydrogen-bond donors (Lipinski definition) is 2. The van der Waals surface area contributed by atoms with Crippen molar-refractivity contribution >= 4 is 17.9 Å². The highest BCUT2D eigenvalue weighted by molar-refractivity contribution is 5.98. The summed E-state index contributed by atoms with van der Waals surface area (Å²) in [4.78, 5) is 32.9. The molecule has 0 radical (unpaired) electrons. The first kappa shape index (κ1) is 14.4. The van der Waals surface area contributed by atoms with Gasteiger partial charge in [-0.2, -0.15) is 0 Å². The molecule has 0 aliphatic carbocycles. The lowest BCUT2D eigenvalue weighted by atomic mass is 9.94. The van der Waals surface area contributed by atoms with Crippen LogP contribution in [0.5, 0.6) is 0 Å². The Labute approximate surface area is 93.2 Å². The number of carbonyl (C=O) groups is 3. The molecule has 0 aromatic rings. The van der Waals surface area contributed by atoms with Crippen LogP contribution in [-0.4, -0.2) is 33.7 Å². The number of carbonyl (C=O) groups excluding carboxylic acids is 1. The van der Waals surface area contributed by atoms with Crippen molar-refractivity contribution in [1.82, 2.24) is 0 Å². The van der Waals surface area contributed by atoms with Crippen molar-refractivity contribution in [2.45, 2.75) is 33.3 Å². The van der Waals surface area contributed by atoms with Crippen LogP contribution in [0, 0.1) is 11.8 Å². The Morgan fingerprint density at radius 2 is 1.50 bits per heavy atom. The zero-order valence-electron chi connectivity index (χ0n) is 9.68. The molecule has 6 nitrogen and oxygen atoms in total. The van der Waals surface area contributed by atoms with E-state index in [0.29, 0.717) is 0 Å². The van der Waals surface area contributed by atoms with E-state index in [2.05, 4.69) is 0 Å². The van der Waals surface area contributed by atoms with Gasteiger partial charge in [0.25, 0.3) is 0 Å². The van der Waals surface area contributed by atoms with Gasteiger partial charge in [0.1, 0.15) is 5.60 Å². The first-order valence-corrected chi connectivity index (χ1v) is 4.74. The summed E-state index contributed by atoms with van der Waals surface area (Å²) in [5.74, 6) is -6.89. The molecule has 0 bridgehead atoms. The maximum absolute atomic E-state index is 11.5. The summed E-state index contributed by atoms with van der Waals surface area (Å²) < 4.78 is 4.85. The fourth-order valence-electron chi connectivity index (χ4n) is 1.03. The van der Waals surface area contributed by atoms with E-state index in [-0.39, 0.29) is 0 Å². The number of carboxylic acids is 2. The Balaban J connectivity index is 4.88. The maximum atomic E-state index is 11.5. The molecule has 16 heavy (non-hydrogen) atoms. The number of ether oxygens (including phenoxy) is 1. The molecule has 0 aliphatic rings. The lowest BCUT2D eigenvalue weighted by Gasteiger charge is -2.23. The standard InChI is InChI=1S/C10H16O6/c1-5(7(11)12)6(8(13)14)9(15)16-10(2,3)4/h5-6H,1-4H3,(H,11,12)(H,13,14). The molecule has 2 atom stereocenters. The number of hydrogen-bond acceptors (Lipinski definition) is 4. The summed E-state index contributed by atoms with van der Waals surface area (Å²) in [6, 6.07) is 0. The summed E-state index contributed by atoms with van der Waals surface area (Å²) in [5, 5.41) is 17.5. The fraction of sp³-hybridized carbons (Fsp3) is 0.700. The minimum Gasteiger partial charge on any atom is -0.481 e. The van der Waals surface area contributed by atoms with Crippen LogP contribution in [0.15, 0.2) is 0 Å². The summed E-state index contributed by atoms with van der Waals surface area (Å²) in [5.41, 5.74) is -0.844. The van der Waals surface area contributed by atoms with Crippen molar-refractivity contribution in [2.24, 2.45) is 11.8 Å². The van der Waals surface area contributed by atoms with Crippen molar-refractivity contribution < 1.29 is 29.3 Å². The number of carboxylic acid groups (broad SMARTS) is 2.